The van der Waals surface area contributed by atoms with E-state index in [9.17, 15) is 0 Å². The summed E-state index contributed by atoms with van der Waals surface area (Å²) in [5.74, 6) is 3.17. The van der Waals surface area contributed by atoms with Gasteiger partial charge in [-0.1, -0.05) is 13.8 Å². The summed E-state index contributed by atoms with van der Waals surface area (Å²) in [6.07, 6.45) is 3.20. The van der Waals surface area contributed by atoms with Crippen LogP contribution >= 0.6 is 24.0 Å². The minimum atomic E-state index is 0. The Hall–Kier alpha value is -1.42. The molecule has 0 spiro atoms. The molecule has 30 heavy (non-hydrogen) atoms. The number of piperidine rings is 1. The smallest absolute Gasteiger partial charge is 0.191 e. The van der Waals surface area contributed by atoms with E-state index in [1.54, 1.807) is 14.2 Å². The van der Waals surface area contributed by atoms with Gasteiger partial charge in [-0.25, -0.2) is 0 Å². The average Bonchev–Trinajstić information content (AvgIpc) is 2.75. The second-order valence-electron chi connectivity index (χ2n) is 7.77. The first-order valence-corrected chi connectivity index (χ1v) is 10.6. The van der Waals surface area contributed by atoms with E-state index in [4.69, 9.17) is 14.2 Å². The van der Waals surface area contributed by atoms with Crippen molar-refractivity contribution in [3.05, 3.63) is 18.2 Å². The molecule has 1 aliphatic rings. The van der Waals surface area contributed by atoms with Gasteiger partial charge in [-0.05, 0) is 25.2 Å². The van der Waals surface area contributed by atoms with Gasteiger partial charge in [0.1, 0.15) is 11.5 Å². The second kappa shape index (κ2) is 14.6. The fourth-order valence-corrected chi connectivity index (χ4v) is 3.31. The number of guanidine groups is 1. The van der Waals surface area contributed by atoms with Crippen molar-refractivity contribution in [2.24, 2.45) is 10.9 Å². The maximum Gasteiger partial charge on any atom is 0.191 e. The zero-order valence-electron chi connectivity index (χ0n) is 19.1. The predicted molar refractivity (Wildman–Crippen MR) is 135 cm³/mol. The Kier molecular flexibility index (Phi) is 12.9. The summed E-state index contributed by atoms with van der Waals surface area (Å²) >= 11 is 0. The van der Waals surface area contributed by atoms with Crippen LogP contribution in [0.4, 0.5) is 5.69 Å². The SMILES string of the molecule is CN=C(NCCOCCC(C)C)NC1CCN(c2cc(OC)cc(OC)c2)CC1.I. The van der Waals surface area contributed by atoms with Crippen molar-refractivity contribution >= 4 is 35.6 Å². The van der Waals surface area contributed by atoms with Gasteiger partial charge in [-0.3, -0.25) is 4.99 Å². The quantitative estimate of drug-likeness (QED) is 0.207. The molecule has 1 fully saturated rings. The highest BCUT2D eigenvalue weighted by molar-refractivity contribution is 14.0. The Morgan fingerprint density at radius 1 is 1.10 bits per heavy atom. The predicted octanol–water partition coefficient (Wildman–Crippen LogP) is 3.52. The van der Waals surface area contributed by atoms with Gasteiger partial charge in [0.05, 0.1) is 20.8 Å². The molecule has 8 heteroatoms. The van der Waals surface area contributed by atoms with Crippen molar-refractivity contribution in [1.29, 1.82) is 0 Å². The zero-order valence-corrected chi connectivity index (χ0v) is 21.4. The van der Waals surface area contributed by atoms with Gasteiger partial charge in [-0.15, -0.1) is 24.0 Å². The van der Waals surface area contributed by atoms with E-state index in [-0.39, 0.29) is 24.0 Å². The molecular formula is C22H39IN4O3. The fourth-order valence-electron chi connectivity index (χ4n) is 3.31. The van der Waals surface area contributed by atoms with E-state index in [0.717, 1.165) is 68.6 Å². The molecule has 0 radical (unpaired) electrons. The third kappa shape index (κ3) is 9.16. The lowest BCUT2D eigenvalue weighted by atomic mass is 10.0. The first-order chi connectivity index (χ1) is 14.0. The molecule has 2 N–H and O–H groups in total. The minimum absolute atomic E-state index is 0. The number of anilines is 1. The van der Waals surface area contributed by atoms with Crippen LogP contribution in [0.2, 0.25) is 0 Å². The highest BCUT2D eigenvalue weighted by Crippen LogP contribution is 2.30. The lowest BCUT2D eigenvalue weighted by molar-refractivity contribution is 0.128. The molecule has 172 valence electrons. The van der Waals surface area contributed by atoms with Gasteiger partial charge in [0.25, 0.3) is 0 Å². The molecule has 0 amide bonds. The van der Waals surface area contributed by atoms with E-state index in [0.29, 0.717) is 18.6 Å². The van der Waals surface area contributed by atoms with Crippen molar-refractivity contribution in [1.82, 2.24) is 10.6 Å². The van der Waals surface area contributed by atoms with E-state index < -0.39 is 0 Å². The van der Waals surface area contributed by atoms with Gasteiger partial charge in [0, 0.05) is 63.2 Å². The van der Waals surface area contributed by atoms with E-state index in [1.165, 1.54) is 0 Å². The van der Waals surface area contributed by atoms with Crippen LogP contribution in [0.15, 0.2) is 23.2 Å². The van der Waals surface area contributed by atoms with Crippen LogP contribution < -0.4 is 25.0 Å². The first-order valence-electron chi connectivity index (χ1n) is 10.6. The Labute approximate surface area is 199 Å². The molecule has 0 unspecified atom stereocenters. The molecule has 0 atom stereocenters. The van der Waals surface area contributed by atoms with Gasteiger partial charge in [-0.2, -0.15) is 0 Å². The largest absolute Gasteiger partial charge is 0.497 e. The Morgan fingerprint density at radius 2 is 1.73 bits per heavy atom. The minimum Gasteiger partial charge on any atom is -0.497 e. The number of ether oxygens (including phenoxy) is 3. The molecule has 2 rings (SSSR count). The van der Waals surface area contributed by atoms with Gasteiger partial charge < -0.3 is 29.7 Å². The van der Waals surface area contributed by atoms with Gasteiger partial charge in [0.2, 0.25) is 0 Å². The molecule has 0 aliphatic carbocycles. The van der Waals surface area contributed by atoms with Gasteiger partial charge in [0.15, 0.2) is 5.96 Å². The number of hydrogen-bond donors (Lipinski definition) is 2. The number of nitrogens with one attached hydrogen (secondary N) is 2. The Bertz CT molecular complexity index is 613. The van der Waals surface area contributed by atoms with Crippen LogP contribution in [0.3, 0.4) is 0 Å². The lowest BCUT2D eigenvalue weighted by Crippen LogP contribution is -2.49. The monoisotopic (exact) mass is 534 g/mol. The first kappa shape index (κ1) is 26.6. The van der Waals surface area contributed by atoms with Crippen LogP contribution in [0.25, 0.3) is 0 Å². The summed E-state index contributed by atoms with van der Waals surface area (Å²) in [6.45, 7) is 8.65. The maximum absolute atomic E-state index is 5.66. The second-order valence-corrected chi connectivity index (χ2v) is 7.77. The normalized spacial score (nSPS) is 15.0. The highest BCUT2D eigenvalue weighted by atomic mass is 127. The van der Waals surface area contributed by atoms with Crippen molar-refractivity contribution in [2.75, 3.05) is 59.0 Å². The summed E-state index contributed by atoms with van der Waals surface area (Å²) < 4.78 is 16.5. The number of benzene rings is 1. The van der Waals surface area contributed by atoms with E-state index in [2.05, 4.69) is 46.5 Å². The molecule has 0 bridgehead atoms. The third-order valence-electron chi connectivity index (χ3n) is 5.14. The summed E-state index contributed by atoms with van der Waals surface area (Å²) in [7, 11) is 5.18. The topological polar surface area (TPSA) is 67.4 Å². The molecule has 1 aromatic carbocycles. The summed E-state index contributed by atoms with van der Waals surface area (Å²) in [6, 6.07) is 6.44. The summed E-state index contributed by atoms with van der Waals surface area (Å²) in [4.78, 5) is 6.72. The molecular weight excluding hydrogens is 495 g/mol. The van der Waals surface area contributed by atoms with Crippen molar-refractivity contribution < 1.29 is 14.2 Å². The molecule has 1 saturated heterocycles. The van der Waals surface area contributed by atoms with Crippen LogP contribution in [0.5, 0.6) is 11.5 Å². The fraction of sp³-hybridized carbons (Fsp3) is 0.682. The maximum atomic E-state index is 5.66. The third-order valence-corrected chi connectivity index (χ3v) is 5.14. The van der Waals surface area contributed by atoms with Crippen LogP contribution in [0, 0.1) is 5.92 Å². The zero-order chi connectivity index (χ0) is 21.1. The van der Waals surface area contributed by atoms with Crippen LogP contribution in [-0.4, -0.2) is 66.1 Å². The van der Waals surface area contributed by atoms with Crippen molar-refractivity contribution in [3.8, 4) is 11.5 Å². The molecule has 7 nitrogen and oxygen atoms in total. The Morgan fingerprint density at radius 3 is 2.27 bits per heavy atom. The van der Waals surface area contributed by atoms with E-state index >= 15 is 0 Å². The molecule has 0 aromatic heterocycles. The number of rotatable bonds is 10. The number of hydrogen-bond acceptors (Lipinski definition) is 5. The Balaban J connectivity index is 0.00000450. The summed E-state index contributed by atoms with van der Waals surface area (Å²) in [5.41, 5.74) is 1.14. The van der Waals surface area contributed by atoms with Crippen LogP contribution in [-0.2, 0) is 4.74 Å². The standard InChI is InChI=1S/C22H38N4O3.HI/c1-17(2)8-12-29-13-9-24-22(23-3)25-18-6-10-26(11-7-18)19-14-20(27-4)16-21(15-19)28-5;/h14-18H,6-13H2,1-5H3,(H2,23,24,25);1H. The average molecular weight is 534 g/mol. The summed E-state index contributed by atoms with van der Waals surface area (Å²) in [5, 5.41) is 6.88. The van der Waals surface area contributed by atoms with E-state index in [1.807, 2.05) is 13.1 Å². The number of nitrogens with zero attached hydrogens (tertiary/aromatic N) is 2. The number of halogens is 1. The van der Waals surface area contributed by atoms with Crippen LogP contribution in [0.1, 0.15) is 33.1 Å². The molecule has 1 heterocycles. The molecule has 1 aromatic rings. The molecule has 0 saturated carbocycles. The van der Waals surface area contributed by atoms with Crippen molar-refractivity contribution in [3.63, 3.8) is 0 Å². The lowest BCUT2D eigenvalue weighted by Gasteiger charge is -2.34. The van der Waals surface area contributed by atoms with Crippen molar-refractivity contribution in [2.45, 2.75) is 39.2 Å². The van der Waals surface area contributed by atoms with Gasteiger partial charge >= 0.3 is 0 Å². The number of methoxy groups -OCH3 is 2. The number of aliphatic imine (C=N–C) groups is 1. The highest BCUT2D eigenvalue weighted by Gasteiger charge is 2.21. The molecule has 1 aliphatic heterocycles.